The van der Waals surface area contributed by atoms with Crippen molar-refractivity contribution < 1.29 is 0 Å². The number of hydrogen-bond donors (Lipinski definition) is 0. The van der Waals surface area contributed by atoms with Gasteiger partial charge in [-0.2, -0.15) is 0 Å². The molecule has 2 rings (SSSR count). The topological polar surface area (TPSA) is 30.7 Å². The molecule has 0 amide bonds. The van der Waals surface area contributed by atoms with E-state index in [0.717, 1.165) is 29.1 Å². The van der Waals surface area contributed by atoms with Crippen LogP contribution in [0.2, 0.25) is 10.0 Å². The maximum Gasteiger partial charge on any atom is 0.0830 e. The summed E-state index contributed by atoms with van der Waals surface area (Å²) in [6.45, 7) is 0. The molecule has 5 heteroatoms. The average Bonchev–Trinajstić information content (AvgIpc) is 2.66. The van der Waals surface area contributed by atoms with Crippen molar-refractivity contribution in [3.63, 3.8) is 0 Å². The molecule has 0 saturated carbocycles. The molecule has 0 bridgehead atoms. The predicted octanol–water partition coefficient (Wildman–Crippen LogP) is 2.91. The van der Waals surface area contributed by atoms with Crippen LogP contribution in [0, 0.1) is 0 Å². The van der Waals surface area contributed by atoms with Gasteiger partial charge < -0.3 is 0 Å². The van der Waals surface area contributed by atoms with Crippen molar-refractivity contribution in [1.82, 2.24) is 15.0 Å². The van der Waals surface area contributed by atoms with E-state index in [2.05, 4.69) is 10.3 Å². The lowest BCUT2D eigenvalue weighted by molar-refractivity contribution is 0.713. The van der Waals surface area contributed by atoms with Crippen LogP contribution in [0.3, 0.4) is 0 Å². The van der Waals surface area contributed by atoms with Crippen molar-refractivity contribution in [2.75, 3.05) is 0 Å². The smallest absolute Gasteiger partial charge is 0.0830 e. The first-order chi connectivity index (χ1) is 7.65. The summed E-state index contributed by atoms with van der Waals surface area (Å²) in [7, 11) is 1.85. The summed E-state index contributed by atoms with van der Waals surface area (Å²) in [4.78, 5) is 0. The van der Waals surface area contributed by atoms with E-state index in [4.69, 9.17) is 23.2 Å². The fourth-order valence-corrected chi connectivity index (χ4v) is 1.91. The van der Waals surface area contributed by atoms with Crippen LogP contribution in [0.5, 0.6) is 0 Å². The molecule has 0 radical (unpaired) electrons. The molecule has 0 fully saturated rings. The van der Waals surface area contributed by atoms with E-state index >= 15 is 0 Å². The third-order valence-electron chi connectivity index (χ3n) is 2.31. The highest BCUT2D eigenvalue weighted by Gasteiger charge is 2.04. The molecule has 0 aliphatic rings. The maximum atomic E-state index is 6.07. The first kappa shape index (κ1) is 11.4. The Hall–Kier alpha value is -1.06. The van der Waals surface area contributed by atoms with E-state index in [1.54, 1.807) is 10.7 Å². The van der Waals surface area contributed by atoms with Gasteiger partial charge in [0.05, 0.1) is 5.69 Å². The van der Waals surface area contributed by atoms with Crippen molar-refractivity contribution >= 4 is 23.2 Å². The van der Waals surface area contributed by atoms with E-state index in [1.165, 1.54) is 0 Å². The number of nitrogens with zero attached hydrogens (tertiary/aromatic N) is 3. The second-order valence-electron chi connectivity index (χ2n) is 3.62. The zero-order chi connectivity index (χ0) is 11.5. The molecular formula is C11H11Cl2N3. The highest BCUT2D eigenvalue weighted by Crippen LogP contribution is 2.21. The number of benzene rings is 1. The largest absolute Gasteiger partial charge is 0.255 e. The minimum Gasteiger partial charge on any atom is -0.255 e. The fourth-order valence-electron chi connectivity index (χ4n) is 1.51. The van der Waals surface area contributed by atoms with Crippen LogP contribution in [0.15, 0.2) is 24.4 Å². The monoisotopic (exact) mass is 255 g/mol. The van der Waals surface area contributed by atoms with Crippen molar-refractivity contribution in [2.45, 2.75) is 12.8 Å². The Morgan fingerprint density at radius 3 is 2.75 bits per heavy atom. The quantitative estimate of drug-likeness (QED) is 0.845. The van der Waals surface area contributed by atoms with E-state index in [9.17, 15) is 0 Å². The molecule has 84 valence electrons. The second-order valence-corrected chi connectivity index (χ2v) is 4.46. The minimum absolute atomic E-state index is 0.707. The molecule has 0 N–H and O–H groups in total. The normalized spacial score (nSPS) is 10.7. The average molecular weight is 256 g/mol. The van der Waals surface area contributed by atoms with Crippen molar-refractivity contribution in [2.24, 2.45) is 7.05 Å². The summed E-state index contributed by atoms with van der Waals surface area (Å²) in [6.07, 6.45) is 3.53. The molecule has 1 aromatic heterocycles. The molecule has 2 aromatic rings. The summed E-state index contributed by atoms with van der Waals surface area (Å²) in [6, 6.07) is 5.49. The lowest BCUT2D eigenvalue weighted by Gasteiger charge is -2.02. The van der Waals surface area contributed by atoms with Crippen LogP contribution in [0.4, 0.5) is 0 Å². The summed E-state index contributed by atoms with van der Waals surface area (Å²) in [5, 5.41) is 9.35. The van der Waals surface area contributed by atoms with Crippen molar-refractivity contribution in [3.8, 4) is 0 Å². The predicted molar refractivity (Wildman–Crippen MR) is 64.9 cm³/mol. The Morgan fingerprint density at radius 1 is 1.25 bits per heavy atom. The second kappa shape index (κ2) is 4.85. The van der Waals surface area contributed by atoms with Gasteiger partial charge in [0.25, 0.3) is 0 Å². The van der Waals surface area contributed by atoms with E-state index in [0.29, 0.717) is 5.02 Å². The van der Waals surface area contributed by atoms with Gasteiger partial charge in [0.2, 0.25) is 0 Å². The van der Waals surface area contributed by atoms with Gasteiger partial charge in [-0.3, -0.25) is 4.68 Å². The summed E-state index contributed by atoms with van der Waals surface area (Å²) >= 11 is 12.0. The van der Waals surface area contributed by atoms with Gasteiger partial charge in [-0.15, -0.1) is 5.10 Å². The summed E-state index contributed by atoms with van der Waals surface area (Å²) in [5.41, 5.74) is 2.00. The van der Waals surface area contributed by atoms with Gasteiger partial charge in [-0.1, -0.05) is 28.4 Å². The molecule has 0 aliphatic heterocycles. The van der Waals surface area contributed by atoms with Crippen LogP contribution < -0.4 is 0 Å². The number of aromatic nitrogens is 3. The molecule has 1 heterocycles. The number of hydrogen-bond acceptors (Lipinski definition) is 2. The van der Waals surface area contributed by atoms with Crippen molar-refractivity contribution in [3.05, 3.63) is 45.7 Å². The highest BCUT2D eigenvalue weighted by molar-refractivity contribution is 6.33. The highest BCUT2D eigenvalue weighted by atomic mass is 35.5. The van der Waals surface area contributed by atoms with Crippen LogP contribution in [-0.4, -0.2) is 15.0 Å². The zero-order valence-electron chi connectivity index (χ0n) is 8.82. The number of rotatable bonds is 3. The Labute approximate surface area is 104 Å². The van der Waals surface area contributed by atoms with E-state index in [1.807, 2.05) is 25.4 Å². The van der Waals surface area contributed by atoms with Gasteiger partial charge >= 0.3 is 0 Å². The van der Waals surface area contributed by atoms with E-state index in [-0.39, 0.29) is 0 Å². The molecule has 0 unspecified atom stereocenters. The van der Waals surface area contributed by atoms with Crippen LogP contribution in [0.25, 0.3) is 0 Å². The van der Waals surface area contributed by atoms with Crippen molar-refractivity contribution in [1.29, 1.82) is 0 Å². The third kappa shape index (κ3) is 2.74. The Morgan fingerprint density at radius 2 is 2.06 bits per heavy atom. The first-order valence-corrected chi connectivity index (χ1v) is 5.70. The first-order valence-electron chi connectivity index (χ1n) is 4.94. The molecule has 16 heavy (non-hydrogen) atoms. The molecular weight excluding hydrogens is 245 g/mol. The van der Waals surface area contributed by atoms with E-state index < -0.39 is 0 Å². The molecule has 0 atom stereocenters. The van der Waals surface area contributed by atoms with Crippen LogP contribution in [0.1, 0.15) is 11.3 Å². The Balaban J connectivity index is 2.07. The number of halogens is 2. The lowest BCUT2D eigenvalue weighted by Crippen LogP contribution is -1.92. The fraction of sp³-hybridized carbons (Fsp3) is 0.273. The van der Waals surface area contributed by atoms with Crippen LogP contribution >= 0.6 is 23.2 Å². The van der Waals surface area contributed by atoms with Gasteiger partial charge in [-0.05, 0) is 36.6 Å². The minimum atomic E-state index is 0.707. The zero-order valence-corrected chi connectivity index (χ0v) is 10.3. The van der Waals surface area contributed by atoms with Gasteiger partial charge in [-0.25, -0.2) is 0 Å². The molecule has 3 nitrogen and oxygen atoms in total. The summed E-state index contributed by atoms with van der Waals surface area (Å²) in [5.74, 6) is 0. The Bertz CT molecular complexity index is 494. The molecule has 0 spiro atoms. The van der Waals surface area contributed by atoms with Crippen LogP contribution in [-0.2, 0) is 19.9 Å². The maximum absolute atomic E-state index is 6.07. The standard InChI is InChI=1S/C11H11Cl2N3/c1-16-7-10(14-15-16)4-2-8-6-9(12)3-5-11(8)13/h3,5-7H,2,4H2,1H3. The lowest BCUT2D eigenvalue weighted by atomic mass is 10.1. The molecule has 0 saturated heterocycles. The SMILES string of the molecule is Cn1cc(CCc2cc(Cl)ccc2Cl)nn1. The molecule has 0 aliphatic carbocycles. The molecule has 1 aromatic carbocycles. The van der Waals surface area contributed by atoms with Gasteiger partial charge in [0, 0.05) is 23.3 Å². The third-order valence-corrected chi connectivity index (χ3v) is 2.91. The number of aryl methyl sites for hydroxylation is 3. The Kier molecular flexibility index (Phi) is 3.46. The summed E-state index contributed by atoms with van der Waals surface area (Å²) < 4.78 is 1.69. The van der Waals surface area contributed by atoms with Gasteiger partial charge in [0.1, 0.15) is 0 Å². The van der Waals surface area contributed by atoms with Gasteiger partial charge in [0.15, 0.2) is 0 Å².